The number of aldehydes is 1. The third kappa shape index (κ3) is 7.72. The van der Waals surface area contributed by atoms with E-state index < -0.39 is 34.0 Å². The van der Waals surface area contributed by atoms with Gasteiger partial charge in [-0.05, 0) is 45.4 Å². The zero-order valence-electron chi connectivity index (χ0n) is 24.7. The van der Waals surface area contributed by atoms with Gasteiger partial charge in [0.25, 0.3) is 5.97 Å². The lowest BCUT2D eigenvalue weighted by Gasteiger charge is -2.51. The predicted molar refractivity (Wildman–Crippen MR) is 138 cm³/mol. The molecule has 0 bridgehead atoms. The fourth-order valence-electron chi connectivity index (χ4n) is 5.04. The zero-order chi connectivity index (χ0) is 28.3. The Labute approximate surface area is 222 Å². The van der Waals surface area contributed by atoms with E-state index in [1.807, 2.05) is 55.4 Å². The van der Waals surface area contributed by atoms with Crippen molar-refractivity contribution in [2.45, 2.75) is 118 Å². The third-order valence-corrected chi connectivity index (χ3v) is 8.31. The van der Waals surface area contributed by atoms with Crippen LogP contribution in [0, 0.1) is 16.7 Å². The van der Waals surface area contributed by atoms with Crippen LogP contribution in [0.2, 0.25) is 0 Å². The normalized spacial score (nSPS) is 30.8. The van der Waals surface area contributed by atoms with E-state index in [2.05, 4.69) is 0 Å². The molecule has 9 heteroatoms. The summed E-state index contributed by atoms with van der Waals surface area (Å²) in [6, 6.07) is -2.06. The minimum Gasteiger partial charge on any atom is -0.341 e. The van der Waals surface area contributed by atoms with Crippen molar-refractivity contribution in [3.63, 3.8) is 0 Å². The van der Waals surface area contributed by atoms with E-state index in [9.17, 15) is 14.0 Å². The summed E-state index contributed by atoms with van der Waals surface area (Å²) < 4.78 is 43.8. The second kappa shape index (κ2) is 11.5. The van der Waals surface area contributed by atoms with Crippen LogP contribution in [-0.2, 0) is 33.3 Å². The van der Waals surface area contributed by atoms with E-state index in [-0.39, 0.29) is 44.7 Å². The molecule has 1 spiro atoms. The van der Waals surface area contributed by atoms with Crippen molar-refractivity contribution >= 4 is 12.2 Å². The van der Waals surface area contributed by atoms with E-state index in [4.69, 9.17) is 23.7 Å². The first-order chi connectivity index (χ1) is 16.9. The highest BCUT2D eigenvalue weighted by atomic mass is 19.2. The SMILES string of the molecule is CCC1(F)OCC2(CO1)COC(CC)(OC(C)(C)CC(C)(C)N(C)C(=O)CC(C)(CC=O)C(C)C)OC2. The number of alkyl halides is 1. The van der Waals surface area contributed by atoms with Crippen LogP contribution < -0.4 is 0 Å². The second-order valence-electron chi connectivity index (χ2n) is 12.9. The lowest BCUT2D eigenvalue weighted by molar-refractivity contribution is -0.464. The fourth-order valence-corrected chi connectivity index (χ4v) is 5.04. The van der Waals surface area contributed by atoms with Gasteiger partial charge in [0.1, 0.15) is 6.29 Å². The first-order valence-corrected chi connectivity index (χ1v) is 13.6. The first kappa shape index (κ1) is 32.1. The van der Waals surface area contributed by atoms with E-state index >= 15 is 0 Å². The number of carbonyl (C=O) groups excluding carboxylic acids is 2. The Hall–Kier alpha value is -1.13. The van der Waals surface area contributed by atoms with Gasteiger partial charge in [-0.25, -0.2) is 0 Å². The van der Waals surface area contributed by atoms with Crippen molar-refractivity contribution in [3.8, 4) is 0 Å². The molecule has 0 N–H and O–H groups in total. The summed E-state index contributed by atoms with van der Waals surface area (Å²) in [5, 5.41) is 0. The van der Waals surface area contributed by atoms with E-state index in [1.54, 1.807) is 18.9 Å². The van der Waals surface area contributed by atoms with Crippen LogP contribution >= 0.6 is 0 Å². The molecule has 1 atom stereocenters. The molecule has 0 aromatic rings. The monoisotopic (exact) mass is 531 g/mol. The Morgan fingerprint density at radius 2 is 1.51 bits per heavy atom. The smallest absolute Gasteiger partial charge is 0.320 e. The quantitative estimate of drug-likeness (QED) is 0.319. The fraction of sp³-hybridized carbons (Fsp3) is 0.929. The Morgan fingerprint density at radius 1 is 1.00 bits per heavy atom. The predicted octanol–water partition coefficient (Wildman–Crippen LogP) is 5.23. The molecular formula is C28H50FNO7. The van der Waals surface area contributed by atoms with Crippen LogP contribution in [0.4, 0.5) is 4.39 Å². The number of ether oxygens (including phenoxy) is 5. The molecular weight excluding hydrogens is 481 g/mol. The molecule has 8 nitrogen and oxygen atoms in total. The lowest BCUT2D eigenvalue weighted by Crippen LogP contribution is -2.60. The van der Waals surface area contributed by atoms with Crippen LogP contribution in [0.15, 0.2) is 0 Å². The molecule has 0 aliphatic carbocycles. The molecule has 2 aliphatic heterocycles. The highest BCUT2D eigenvalue weighted by molar-refractivity contribution is 5.78. The molecule has 0 radical (unpaired) electrons. The maximum atomic E-state index is 14.3. The average molecular weight is 532 g/mol. The molecule has 1 unspecified atom stereocenters. The largest absolute Gasteiger partial charge is 0.341 e. The Kier molecular flexibility index (Phi) is 10.0. The average Bonchev–Trinajstić information content (AvgIpc) is 2.81. The van der Waals surface area contributed by atoms with Gasteiger partial charge in [-0.15, -0.1) is 0 Å². The van der Waals surface area contributed by atoms with Crippen LogP contribution in [0.25, 0.3) is 0 Å². The molecule has 2 heterocycles. The molecule has 0 aromatic carbocycles. The summed E-state index contributed by atoms with van der Waals surface area (Å²) in [5.74, 6) is -1.08. The first-order valence-electron chi connectivity index (χ1n) is 13.6. The van der Waals surface area contributed by atoms with Gasteiger partial charge in [-0.1, -0.05) is 34.6 Å². The summed E-state index contributed by atoms with van der Waals surface area (Å²) >= 11 is 0. The maximum absolute atomic E-state index is 14.3. The third-order valence-electron chi connectivity index (χ3n) is 8.31. The zero-order valence-corrected chi connectivity index (χ0v) is 24.7. The molecule has 2 saturated heterocycles. The van der Waals surface area contributed by atoms with Gasteiger partial charge >= 0.3 is 6.04 Å². The van der Waals surface area contributed by atoms with Crippen LogP contribution in [0.3, 0.4) is 0 Å². The summed E-state index contributed by atoms with van der Waals surface area (Å²) in [6.07, 6.45) is 2.61. The standard InChI is InChI=1S/C28H50FNO7/c1-11-27(29)33-17-26(18-34-27)19-35-28(12-2,36-20-26)37-24(7,8)16-23(5,6)30(10)22(32)15-25(9,13-14-31)21(3)4/h14,21H,11-13,15-20H2,1-10H3. The van der Waals surface area contributed by atoms with Crippen LogP contribution in [-0.4, -0.2) is 73.7 Å². The Balaban J connectivity index is 2.04. The van der Waals surface area contributed by atoms with Gasteiger partial charge < -0.3 is 33.4 Å². The van der Waals surface area contributed by atoms with Crippen molar-refractivity contribution in [2.75, 3.05) is 33.5 Å². The van der Waals surface area contributed by atoms with Gasteiger partial charge in [0.05, 0.1) is 37.4 Å². The molecule has 1 amide bonds. The van der Waals surface area contributed by atoms with Gasteiger partial charge in [0.2, 0.25) is 5.91 Å². The van der Waals surface area contributed by atoms with Crippen molar-refractivity contribution in [3.05, 3.63) is 0 Å². The van der Waals surface area contributed by atoms with Gasteiger partial charge in [0.15, 0.2) is 0 Å². The summed E-state index contributed by atoms with van der Waals surface area (Å²) in [4.78, 5) is 26.3. The van der Waals surface area contributed by atoms with Crippen LogP contribution in [0.5, 0.6) is 0 Å². The van der Waals surface area contributed by atoms with Crippen molar-refractivity contribution in [2.24, 2.45) is 16.7 Å². The van der Waals surface area contributed by atoms with Crippen molar-refractivity contribution in [1.29, 1.82) is 0 Å². The highest BCUT2D eigenvalue weighted by Gasteiger charge is 2.52. The molecule has 0 aromatic heterocycles. The second-order valence-corrected chi connectivity index (χ2v) is 12.9. The van der Waals surface area contributed by atoms with E-state index in [0.29, 0.717) is 25.7 Å². The maximum Gasteiger partial charge on any atom is 0.320 e. The number of rotatable bonds is 12. The Morgan fingerprint density at radius 3 is 1.95 bits per heavy atom. The van der Waals surface area contributed by atoms with Gasteiger partial charge in [-0.2, -0.15) is 4.39 Å². The number of nitrogens with zero attached hydrogens (tertiary/aromatic N) is 1. The molecule has 37 heavy (non-hydrogen) atoms. The molecule has 2 fully saturated rings. The highest BCUT2D eigenvalue weighted by Crippen LogP contribution is 2.42. The number of halogens is 1. The van der Waals surface area contributed by atoms with Crippen molar-refractivity contribution < 1.29 is 37.7 Å². The number of amides is 1. The summed E-state index contributed by atoms with van der Waals surface area (Å²) in [6.45, 7) is 18.4. The number of carbonyl (C=O) groups is 2. The van der Waals surface area contributed by atoms with Crippen LogP contribution in [0.1, 0.15) is 94.4 Å². The summed E-state index contributed by atoms with van der Waals surface area (Å²) in [7, 11) is 1.80. The van der Waals surface area contributed by atoms with Gasteiger partial charge in [-0.3, -0.25) is 4.79 Å². The molecule has 2 aliphatic rings. The minimum atomic E-state index is -2.06. The Bertz CT molecular complexity index is 781. The van der Waals surface area contributed by atoms with E-state index in [1.165, 1.54) is 0 Å². The molecule has 216 valence electrons. The van der Waals surface area contributed by atoms with Gasteiger partial charge in [0, 0.05) is 38.3 Å². The summed E-state index contributed by atoms with van der Waals surface area (Å²) in [5.41, 5.74) is -2.24. The number of hydrogen-bond acceptors (Lipinski definition) is 7. The number of hydrogen-bond donors (Lipinski definition) is 0. The van der Waals surface area contributed by atoms with Crippen molar-refractivity contribution in [1.82, 2.24) is 4.90 Å². The molecule has 2 rings (SSSR count). The molecule has 0 saturated carbocycles. The lowest BCUT2D eigenvalue weighted by atomic mass is 9.73. The van der Waals surface area contributed by atoms with E-state index in [0.717, 1.165) is 6.29 Å². The minimum absolute atomic E-state index is 0.00974. The topological polar surface area (TPSA) is 83.5 Å².